The van der Waals surface area contributed by atoms with Gasteiger partial charge in [-0.3, -0.25) is 0 Å². The molecule has 3 heteroatoms. The first-order chi connectivity index (χ1) is 9.88. The molecule has 0 aliphatic heterocycles. The summed E-state index contributed by atoms with van der Waals surface area (Å²) in [4.78, 5) is 0. The highest BCUT2D eigenvalue weighted by Gasteiger charge is 2.17. The Hall–Kier alpha value is -1.71. The molecule has 0 bridgehead atoms. The normalized spacial score (nSPS) is 13.2. The predicted octanol–water partition coefficient (Wildman–Crippen LogP) is 3.90. The van der Waals surface area contributed by atoms with Gasteiger partial charge in [-0.05, 0) is 44.0 Å². The van der Waals surface area contributed by atoms with Gasteiger partial charge in [0, 0.05) is 18.2 Å². The molecular weight excluding hydrogens is 265 g/mol. The average molecular weight is 287 g/mol. The Labute approximate surface area is 125 Å². The summed E-state index contributed by atoms with van der Waals surface area (Å²) in [7, 11) is 0. The number of rotatable bonds is 5. The Morgan fingerprint density at radius 1 is 1.14 bits per heavy atom. The van der Waals surface area contributed by atoms with Crippen LogP contribution >= 0.6 is 0 Å². The van der Waals surface area contributed by atoms with Crippen LogP contribution in [0.4, 0.5) is 4.39 Å². The Balaban J connectivity index is 2.09. The maximum absolute atomic E-state index is 13.9. The first-order valence-electron chi connectivity index (χ1n) is 7.17. The molecule has 2 nitrogen and oxygen atoms in total. The van der Waals surface area contributed by atoms with Crippen molar-refractivity contribution >= 4 is 0 Å². The van der Waals surface area contributed by atoms with Crippen LogP contribution in [-0.4, -0.2) is 5.11 Å². The number of hydrogen-bond acceptors (Lipinski definition) is 2. The smallest absolute Gasteiger partial charge is 0.127 e. The van der Waals surface area contributed by atoms with Gasteiger partial charge >= 0.3 is 0 Å². The Kier molecular flexibility index (Phi) is 4.76. The third-order valence-corrected chi connectivity index (χ3v) is 3.65. The molecule has 0 saturated carbocycles. The van der Waals surface area contributed by atoms with Gasteiger partial charge < -0.3 is 10.4 Å². The molecular formula is C18H22FNO. The van der Waals surface area contributed by atoms with E-state index in [1.807, 2.05) is 37.3 Å². The number of halogens is 1. The van der Waals surface area contributed by atoms with Crippen molar-refractivity contribution < 1.29 is 9.50 Å². The monoisotopic (exact) mass is 287 g/mol. The summed E-state index contributed by atoms with van der Waals surface area (Å²) in [5, 5.41) is 13.3. The van der Waals surface area contributed by atoms with Crippen molar-refractivity contribution in [1.29, 1.82) is 0 Å². The van der Waals surface area contributed by atoms with E-state index in [0.29, 0.717) is 17.7 Å². The highest BCUT2D eigenvalue weighted by molar-refractivity contribution is 5.29. The van der Waals surface area contributed by atoms with Crippen molar-refractivity contribution in [3.8, 4) is 0 Å². The zero-order valence-electron chi connectivity index (χ0n) is 12.7. The van der Waals surface area contributed by atoms with Crippen LogP contribution < -0.4 is 5.32 Å². The lowest BCUT2D eigenvalue weighted by Gasteiger charge is -2.20. The quantitative estimate of drug-likeness (QED) is 0.874. The Bertz CT molecular complexity index is 590. The van der Waals surface area contributed by atoms with Crippen molar-refractivity contribution in [3.63, 3.8) is 0 Å². The van der Waals surface area contributed by atoms with Gasteiger partial charge in [-0.15, -0.1) is 0 Å². The lowest BCUT2D eigenvalue weighted by atomic mass is 9.96. The summed E-state index contributed by atoms with van der Waals surface area (Å²) in [5.74, 6) is -0.254. The lowest BCUT2D eigenvalue weighted by molar-refractivity contribution is 0.0784. The third kappa shape index (κ3) is 4.13. The van der Waals surface area contributed by atoms with Crippen molar-refractivity contribution in [2.24, 2.45) is 0 Å². The summed E-state index contributed by atoms with van der Waals surface area (Å²) in [5.41, 5.74) is 1.48. The van der Waals surface area contributed by atoms with Gasteiger partial charge in [0.25, 0.3) is 0 Å². The maximum atomic E-state index is 13.9. The molecule has 21 heavy (non-hydrogen) atoms. The fraction of sp³-hybridized carbons (Fsp3) is 0.333. The van der Waals surface area contributed by atoms with Crippen molar-refractivity contribution in [1.82, 2.24) is 5.32 Å². The molecule has 0 spiro atoms. The summed E-state index contributed by atoms with van der Waals surface area (Å²) in [6, 6.07) is 14.9. The summed E-state index contributed by atoms with van der Waals surface area (Å²) in [6.07, 6.45) is 0. The minimum Gasteiger partial charge on any atom is -0.386 e. The minimum atomic E-state index is -0.965. The summed E-state index contributed by atoms with van der Waals surface area (Å²) in [6.45, 7) is 5.87. The molecule has 0 aliphatic carbocycles. The molecule has 2 N–H and O–H groups in total. The molecule has 0 fully saturated rings. The van der Waals surface area contributed by atoms with Gasteiger partial charge in [0.1, 0.15) is 5.82 Å². The van der Waals surface area contributed by atoms with Crippen LogP contribution in [0.1, 0.15) is 43.5 Å². The third-order valence-electron chi connectivity index (χ3n) is 3.65. The van der Waals surface area contributed by atoms with E-state index in [1.165, 1.54) is 6.07 Å². The van der Waals surface area contributed by atoms with E-state index in [1.54, 1.807) is 26.0 Å². The van der Waals surface area contributed by atoms with Gasteiger partial charge in [-0.2, -0.15) is 0 Å². The second-order valence-corrected chi connectivity index (χ2v) is 5.88. The van der Waals surface area contributed by atoms with E-state index in [-0.39, 0.29) is 11.9 Å². The largest absolute Gasteiger partial charge is 0.386 e. The fourth-order valence-electron chi connectivity index (χ4n) is 2.21. The van der Waals surface area contributed by atoms with Gasteiger partial charge in [-0.1, -0.05) is 36.4 Å². The molecule has 112 valence electrons. The van der Waals surface area contributed by atoms with Crippen molar-refractivity contribution in [2.45, 2.75) is 39.0 Å². The molecule has 0 amide bonds. The molecule has 2 aromatic carbocycles. The molecule has 2 aromatic rings. The molecule has 0 unspecified atom stereocenters. The van der Waals surface area contributed by atoms with Gasteiger partial charge in [-0.25, -0.2) is 4.39 Å². The lowest BCUT2D eigenvalue weighted by Crippen LogP contribution is -2.20. The highest BCUT2D eigenvalue weighted by Crippen LogP contribution is 2.22. The van der Waals surface area contributed by atoms with Crippen LogP contribution in [0.15, 0.2) is 48.5 Å². The van der Waals surface area contributed by atoms with Crippen LogP contribution in [0, 0.1) is 5.82 Å². The van der Waals surface area contributed by atoms with Gasteiger partial charge in [0.05, 0.1) is 5.60 Å². The van der Waals surface area contributed by atoms with E-state index in [4.69, 9.17) is 0 Å². The van der Waals surface area contributed by atoms with Crippen LogP contribution in [-0.2, 0) is 12.1 Å². The molecule has 0 saturated heterocycles. The zero-order valence-corrected chi connectivity index (χ0v) is 12.7. The average Bonchev–Trinajstić information content (AvgIpc) is 2.45. The number of hydrogen-bond donors (Lipinski definition) is 2. The molecule has 0 aromatic heterocycles. The van der Waals surface area contributed by atoms with Crippen molar-refractivity contribution in [2.75, 3.05) is 0 Å². The first-order valence-corrected chi connectivity index (χ1v) is 7.17. The Morgan fingerprint density at radius 2 is 1.81 bits per heavy atom. The van der Waals surface area contributed by atoms with Gasteiger partial charge in [0.15, 0.2) is 0 Å². The van der Waals surface area contributed by atoms with E-state index in [2.05, 4.69) is 5.32 Å². The standard InChI is InChI=1S/C18H22FNO/c1-13(14-7-5-4-6-8-14)20-12-15-11-16(18(2,3)21)9-10-17(15)19/h4-11,13,20-21H,12H2,1-3H3/t13-/m1/s1. The van der Waals surface area contributed by atoms with Crippen LogP contribution in [0.25, 0.3) is 0 Å². The second-order valence-electron chi connectivity index (χ2n) is 5.88. The van der Waals surface area contributed by atoms with Gasteiger partial charge in [0.2, 0.25) is 0 Å². The van der Waals surface area contributed by atoms with Crippen LogP contribution in [0.3, 0.4) is 0 Å². The van der Waals surface area contributed by atoms with Crippen molar-refractivity contribution in [3.05, 3.63) is 71.0 Å². The van der Waals surface area contributed by atoms with E-state index in [9.17, 15) is 9.50 Å². The number of aliphatic hydroxyl groups is 1. The first kappa shape index (κ1) is 15.7. The number of nitrogens with one attached hydrogen (secondary N) is 1. The zero-order chi connectivity index (χ0) is 15.5. The fourth-order valence-corrected chi connectivity index (χ4v) is 2.21. The predicted molar refractivity (Wildman–Crippen MR) is 83.3 cm³/mol. The molecule has 0 radical (unpaired) electrons. The molecule has 1 atom stereocenters. The van der Waals surface area contributed by atoms with E-state index < -0.39 is 5.60 Å². The molecule has 2 rings (SSSR count). The molecule has 0 aliphatic rings. The highest BCUT2D eigenvalue weighted by atomic mass is 19.1. The number of benzene rings is 2. The van der Waals surface area contributed by atoms with E-state index >= 15 is 0 Å². The minimum absolute atomic E-state index is 0.136. The second kappa shape index (κ2) is 6.37. The SMILES string of the molecule is C[C@@H](NCc1cc(C(C)(C)O)ccc1F)c1ccccc1. The summed E-state index contributed by atoms with van der Waals surface area (Å²) >= 11 is 0. The summed E-state index contributed by atoms with van der Waals surface area (Å²) < 4.78 is 13.9. The maximum Gasteiger partial charge on any atom is 0.127 e. The van der Waals surface area contributed by atoms with Crippen LogP contribution in [0.2, 0.25) is 0 Å². The topological polar surface area (TPSA) is 32.3 Å². The van der Waals surface area contributed by atoms with Crippen LogP contribution in [0.5, 0.6) is 0 Å². The van der Waals surface area contributed by atoms with E-state index in [0.717, 1.165) is 5.56 Å². The molecule has 0 heterocycles. The Morgan fingerprint density at radius 3 is 2.43 bits per heavy atom.